The van der Waals surface area contributed by atoms with E-state index in [4.69, 9.17) is 4.42 Å². The van der Waals surface area contributed by atoms with Crippen molar-refractivity contribution in [3.8, 4) is 0 Å². The Morgan fingerprint density at radius 3 is 2.42 bits per heavy atom. The minimum absolute atomic E-state index is 0.163. The van der Waals surface area contributed by atoms with Gasteiger partial charge in [-0.15, -0.1) is 5.10 Å². The largest absolute Gasteiger partial charge is 0.406 e. The molecule has 2 aromatic carbocycles. The zero-order valence-corrected chi connectivity index (χ0v) is 18.1. The van der Waals surface area contributed by atoms with Crippen molar-refractivity contribution in [1.29, 1.82) is 0 Å². The number of carbonyl (C=O) groups is 1. The second-order valence-electron chi connectivity index (χ2n) is 8.13. The SMILES string of the molecule is CN(C)c1ccc(C(=O)NC(Cc2ccccc2)c2nnc(N3CCCCC3)o2)cc1. The van der Waals surface area contributed by atoms with Crippen LogP contribution in [0.5, 0.6) is 0 Å². The second kappa shape index (κ2) is 9.64. The van der Waals surface area contributed by atoms with Crippen molar-refractivity contribution in [2.24, 2.45) is 0 Å². The maximum atomic E-state index is 13.0. The van der Waals surface area contributed by atoms with Gasteiger partial charge >= 0.3 is 6.01 Å². The molecule has 1 fully saturated rings. The number of hydrogen-bond acceptors (Lipinski definition) is 6. The van der Waals surface area contributed by atoms with Gasteiger partial charge in [-0.25, -0.2) is 0 Å². The number of nitrogens with zero attached hydrogens (tertiary/aromatic N) is 4. The fraction of sp³-hybridized carbons (Fsp3) is 0.375. The highest BCUT2D eigenvalue weighted by atomic mass is 16.4. The number of carbonyl (C=O) groups excluding carboxylic acids is 1. The Balaban J connectivity index is 1.54. The molecule has 1 aromatic heterocycles. The monoisotopic (exact) mass is 419 g/mol. The number of piperidine rings is 1. The molecule has 1 aliphatic heterocycles. The van der Waals surface area contributed by atoms with E-state index in [-0.39, 0.29) is 5.91 Å². The van der Waals surface area contributed by atoms with Gasteiger partial charge in [0.25, 0.3) is 5.91 Å². The molecule has 1 saturated heterocycles. The number of hydrogen-bond donors (Lipinski definition) is 1. The minimum Gasteiger partial charge on any atom is -0.406 e. The standard InChI is InChI=1S/C24H29N5O2/c1-28(2)20-13-11-19(12-14-20)22(30)25-21(17-18-9-5-3-6-10-18)23-26-27-24(31-23)29-15-7-4-8-16-29/h3,5-6,9-14,21H,4,7-8,15-17H2,1-2H3,(H,25,30). The van der Waals surface area contributed by atoms with Crippen LogP contribution in [-0.2, 0) is 6.42 Å². The molecule has 4 rings (SSSR count). The van der Waals surface area contributed by atoms with Gasteiger partial charge in [-0.3, -0.25) is 4.79 Å². The van der Waals surface area contributed by atoms with Gasteiger partial charge in [0, 0.05) is 44.9 Å². The van der Waals surface area contributed by atoms with E-state index < -0.39 is 6.04 Å². The molecular formula is C24H29N5O2. The van der Waals surface area contributed by atoms with Gasteiger partial charge in [0.1, 0.15) is 6.04 Å². The van der Waals surface area contributed by atoms with Gasteiger partial charge in [0.15, 0.2) is 0 Å². The van der Waals surface area contributed by atoms with Crippen LogP contribution in [0, 0.1) is 0 Å². The summed E-state index contributed by atoms with van der Waals surface area (Å²) in [6.07, 6.45) is 4.07. The molecule has 1 aliphatic rings. The smallest absolute Gasteiger partial charge is 0.318 e. The van der Waals surface area contributed by atoms with Crippen LogP contribution >= 0.6 is 0 Å². The molecule has 0 aliphatic carbocycles. The third-order valence-electron chi connectivity index (χ3n) is 5.59. The summed E-state index contributed by atoms with van der Waals surface area (Å²) in [5, 5.41) is 11.7. The van der Waals surface area contributed by atoms with Crippen molar-refractivity contribution in [3.05, 3.63) is 71.6 Å². The Kier molecular flexibility index (Phi) is 6.50. The molecule has 0 radical (unpaired) electrons. The fourth-order valence-corrected chi connectivity index (χ4v) is 3.78. The van der Waals surface area contributed by atoms with Crippen LogP contribution in [0.4, 0.5) is 11.7 Å². The normalized spacial score (nSPS) is 14.8. The van der Waals surface area contributed by atoms with Crippen molar-refractivity contribution in [3.63, 3.8) is 0 Å². The Bertz CT molecular complexity index is 979. The number of rotatable bonds is 7. The van der Waals surface area contributed by atoms with Gasteiger partial charge in [-0.2, -0.15) is 0 Å². The summed E-state index contributed by atoms with van der Waals surface area (Å²) < 4.78 is 6.03. The Morgan fingerprint density at radius 2 is 1.74 bits per heavy atom. The molecule has 31 heavy (non-hydrogen) atoms. The highest BCUT2D eigenvalue weighted by Crippen LogP contribution is 2.24. The Labute approximate surface area is 183 Å². The van der Waals surface area contributed by atoms with Gasteiger partial charge in [0.05, 0.1) is 0 Å². The van der Waals surface area contributed by atoms with Crippen LogP contribution in [0.25, 0.3) is 0 Å². The molecule has 1 atom stereocenters. The predicted molar refractivity (Wildman–Crippen MR) is 121 cm³/mol. The van der Waals surface area contributed by atoms with E-state index in [2.05, 4.69) is 20.4 Å². The summed E-state index contributed by atoms with van der Waals surface area (Å²) in [6.45, 7) is 1.85. The lowest BCUT2D eigenvalue weighted by Crippen LogP contribution is -2.30. The topological polar surface area (TPSA) is 74.5 Å². The van der Waals surface area contributed by atoms with Crippen molar-refractivity contribution in [2.75, 3.05) is 37.0 Å². The van der Waals surface area contributed by atoms with Crippen molar-refractivity contribution < 1.29 is 9.21 Å². The highest BCUT2D eigenvalue weighted by molar-refractivity contribution is 5.94. The van der Waals surface area contributed by atoms with Crippen molar-refractivity contribution in [1.82, 2.24) is 15.5 Å². The van der Waals surface area contributed by atoms with Gasteiger partial charge in [0.2, 0.25) is 5.89 Å². The molecule has 0 saturated carbocycles. The maximum absolute atomic E-state index is 13.0. The Morgan fingerprint density at radius 1 is 1.03 bits per heavy atom. The van der Waals surface area contributed by atoms with E-state index in [0.717, 1.165) is 37.2 Å². The summed E-state index contributed by atoms with van der Waals surface area (Å²) >= 11 is 0. The summed E-state index contributed by atoms with van der Waals surface area (Å²) in [4.78, 5) is 17.1. The lowest BCUT2D eigenvalue weighted by molar-refractivity contribution is 0.0930. The molecule has 7 heteroatoms. The number of amides is 1. The molecule has 7 nitrogen and oxygen atoms in total. The zero-order valence-electron chi connectivity index (χ0n) is 18.1. The van der Waals surface area contributed by atoms with Crippen LogP contribution in [0.15, 0.2) is 59.0 Å². The Hall–Kier alpha value is -3.35. The number of nitrogens with one attached hydrogen (secondary N) is 1. The average molecular weight is 420 g/mol. The van der Waals surface area contributed by atoms with Crippen LogP contribution in [-0.4, -0.2) is 43.3 Å². The number of aromatic nitrogens is 2. The first-order valence-corrected chi connectivity index (χ1v) is 10.8. The van der Waals surface area contributed by atoms with E-state index in [1.54, 1.807) is 0 Å². The highest BCUT2D eigenvalue weighted by Gasteiger charge is 2.24. The van der Waals surface area contributed by atoms with Crippen LogP contribution < -0.4 is 15.1 Å². The first-order chi connectivity index (χ1) is 15.1. The van der Waals surface area contributed by atoms with E-state index in [9.17, 15) is 4.79 Å². The molecule has 0 bridgehead atoms. The van der Waals surface area contributed by atoms with Gasteiger partial charge < -0.3 is 19.5 Å². The lowest BCUT2D eigenvalue weighted by atomic mass is 10.1. The zero-order chi connectivity index (χ0) is 21.6. The molecule has 162 valence electrons. The predicted octanol–water partition coefficient (Wildman–Crippen LogP) is 3.84. The van der Waals surface area contributed by atoms with Crippen LogP contribution in [0.1, 0.15) is 47.1 Å². The number of anilines is 2. The second-order valence-corrected chi connectivity index (χ2v) is 8.13. The van der Waals surface area contributed by atoms with Gasteiger partial charge in [-0.1, -0.05) is 35.4 Å². The van der Waals surface area contributed by atoms with E-state index in [0.29, 0.717) is 23.9 Å². The van der Waals surface area contributed by atoms with Crippen molar-refractivity contribution in [2.45, 2.75) is 31.7 Å². The molecule has 1 N–H and O–H groups in total. The van der Waals surface area contributed by atoms with Crippen LogP contribution in [0.2, 0.25) is 0 Å². The first-order valence-electron chi connectivity index (χ1n) is 10.8. The van der Waals surface area contributed by atoms with Crippen LogP contribution in [0.3, 0.4) is 0 Å². The van der Waals surface area contributed by atoms with E-state index in [1.807, 2.05) is 73.6 Å². The van der Waals surface area contributed by atoms with E-state index in [1.165, 1.54) is 6.42 Å². The maximum Gasteiger partial charge on any atom is 0.318 e. The molecule has 3 aromatic rings. The summed E-state index contributed by atoms with van der Waals surface area (Å²) in [6, 6.07) is 17.7. The summed E-state index contributed by atoms with van der Waals surface area (Å²) in [7, 11) is 3.95. The average Bonchev–Trinajstić information content (AvgIpc) is 3.30. The molecule has 2 heterocycles. The molecule has 1 amide bonds. The molecular weight excluding hydrogens is 390 g/mol. The quantitative estimate of drug-likeness (QED) is 0.627. The van der Waals surface area contributed by atoms with Gasteiger partial charge in [-0.05, 0) is 49.1 Å². The molecule has 1 unspecified atom stereocenters. The minimum atomic E-state index is -0.408. The lowest BCUT2D eigenvalue weighted by Gasteiger charge is -2.24. The third-order valence-corrected chi connectivity index (χ3v) is 5.59. The van der Waals surface area contributed by atoms with Crippen molar-refractivity contribution >= 4 is 17.6 Å². The fourth-order valence-electron chi connectivity index (χ4n) is 3.78. The third kappa shape index (κ3) is 5.23. The summed E-state index contributed by atoms with van der Waals surface area (Å²) in [5.41, 5.74) is 2.73. The summed E-state index contributed by atoms with van der Waals surface area (Å²) in [5.74, 6) is 0.270. The molecule has 0 spiro atoms. The number of benzene rings is 2. The first kappa shape index (κ1) is 20.9. The van der Waals surface area contributed by atoms with E-state index >= 15 is 0 Å².